The first-order valence-electron chi connectivity index (χ1n) is 11.5. The second-order valence-corrected chi connectivity index (χ2v) is 8.96. The molecule has 34 heavy (non-hydrogen) atoms. The molecule has 0 spiro atoms. The van der Waals surface area contributed by atoms with Crippen LogP contribution in [0.25, 0.3) is 0 Å². The molecular formula is C27H29N3O4. The molecule has 1 atom stereocenters. The topological polar surface area (TPSA) is 91.7 Å². The third-order valence-electron chi connectivity index (χ3n) is 5.85. The first kappa shape index (κ1) is 23.3. The third-order valence-corrected chi connectivity index (χ3v) is 5.85. The summed E-state index contributed by atoms with van der Waals surface area (Å²) in [7, 11) is 0. The Morgan fingerprint density at radius 3 is 2.56 bits per heavy atom. The van der Waals surface area contributed by atoms with Gasteiger partial charge in [0.15, 0.2) is 5.76 Å². The Labute approximate surface area is 199 Å². The number of benzene rings is 2. The number of furan rings is 1. The fraction of sp³-hybridized carbons (Fsp3) is 0.296. The molecule has 2 aromatic carbocycles. The number of fused-ring (bicyclic) bond motifs is 1. The van der Waals surface area contributed by atoms with Crippen LogP contribution in [0.3, 0.4) is 0 Å². The number of hydrogen-bond donors (Lipinski definition) is 2. The lowest BCUT2D eigenvalue weighted by molar-refractivity contribution is -0.142. The van der Waals surface area contributed by atoms with Crippen LogP contribution in [0, 0.1) is 5.92 Å². The Kier molecular flexibility index (Phi) is 7.11. The Morgan fingerprint density at radius 2 is 1.82 bits per heavy atom. The Bertz CT molecular complexity index is 1170. The highest BCUT2D eigenvalue weighted by Crippen LogP contribution is 2.25. The lowest BCUT2D eigenvalue weighted by atomic mass is 9.92. The van der Waals surface area contributed by atoms with Gasteiger partial charge in [-0.05, 0) is 46.9 Å². The number of carbonyl (C=O) groups is 3. The molecule has 0 aliphatic carbocycles. The number of hydrogen-bond acceptors (Lipinski definition) is 4. The highest BCUT2D eigenvalue weighted by atomic mass is 16.3. The van der Waals surface area contributed by atoms with Crippen molar-refractivity contribution in [2.45, 2.75) is 45.8 Å². The molecule has 0 bridgehead atoms. The molecule has 3 amide bonds. The normalized spacial score (nSPS) is 15.0. The summed E-state index contributed by atoms with van der Waals surface area (Å²) in [5.74, 6) is -0.0924. The van der Waals surface area contributed by atoms with Crippen LogP contribution in [-0.2, 0) is 29.1 Å². The average Bonchev–Trinajstić information content (AvgIpc) is 3.37. The van der Waals surface area contributed by atoms with Gasteiger partial charge in [-0.15, -0.1) is 0 Å². The molecular weight excluding hydrogens is 430 g/mol. The second-order valence-electron chi connectivity index (χ2n) is 8.96. The maximum absolute atomic E-state index is 13.2. The van der Waals surface area contributed by atoms with E-state index in [1.54, 1.807) is 29.2 Å². The largest absolute Gasteiger partial charge is 0.459 e. The fourth-order valence-electron chi connectivity index (χ4n) is 4.15. The van der Waals surface area contributed by atoms with E-state index >= 15 is 0 Å². The Balaban J connectivity index is 1.43. The minimum Gasteiger partial charge on any atom is -0.459 e. The monoisotopic (exact) mass is 459 g/mol. The van der Waals surface area contributed by atoms with E-state index in [9.17, 15) is 14.4 Å². The van der Waals surface area contributed by atoms with Crippen molar-refractivity contribution in [2.24, 2.45) is 5.92 Å². The molecule has 4 rings (SSSR count). The quantitative estimate of drug-likeness (QED) is 0.555. The molecule has 1 unspecified atom stereocenters. The molecule has 0 fully saturated rings. The van der Waals surface area contributed by atoms with Gasteiger partial charge in [-0.2, -0.15) is 0 Å². The van der Waals surface area contributed by atoms with Crippen LogP contribution in [0.1, 0.15) is 47.5 Å². The van der Waals surface area contributed by atoms with Crippen LogP contribution in [0.2, 0.25) is 0 Å². The van der Waals surface area contributed by atoms with Crippen molar-refractivity contribution in [1.82, 2.24) is 10.2 Å². The fourth-order valence-corrected chi connectivity index (χ4v) is 4.15. The lowest BCUT2D eigenvalue weighted by Gasteiger charge is -2.36. The molecule has 176 valence electrons. The number of rotatable bonds is 7. The van der Waals surface area contributed by atoms with Gasteiger partial charge in [0, 0.05) is 31.6 Å². The maximum atomic E-state index is 13.2. The molecule has 1 aliphatic rings. The summed E-state index contributed by atoms with van der Waals surface area (Å²) in [4.78, 5) is 40.1. The van der Waals surface area contributed by atoms with Gasteiger partial charge in [-0.3, -0.25) is 14.4 Å². The van der Waals surface area contributed by atoms with Crippen LogP contribution >= 0.6 is 0 Å². The van der Waals surface area contributed by atoms with E-state index in [1.807, 2.05) is 50.2 Å². The second kappa shape index (κ2) is 10.4. The zero-order valence-corrected chi connectivity index (χ0v) is 19.4. The summed E-state index contributed by atoms with van der Waals surface area (Å²) < 4.78 is 5.12. The van der Waals surface area contributed by atoms with Crippen molar-refractivity contribution in [3.63, 3.8) is 0 Å². The van der Waals surface area contributed by atoms with Crippen molar-refractivity contribution in [2.75, 3.05) is 5.32 Å². The minimum atomic E-state index is -0.553. The Morgan fingerprint density at radius 1 is 1.03 bits per heavy atom. The number of nitrogens with one attached hydrogen (secondary N) is 2. The lowest BCUT2D eigenvalue weighted by Crippen LogP contribution is -2.52. The highest BCUT2D eigenvalue weighted by molar-refractivity contribution is 6.02. The third kappa shape index (κ3) is 5.54. The highest BCUT2D eigenvalue weighted by Gasteiger charge is 2.34. The molecule has 7 nitrogen and oxygen atoms in total. The van der Waals surface area contributed by atoms with Crippen molar-refractivity contribution in [3.8, 4) is 0 Å². The van der Waals surface area contributed by atoms with Crippen LogP contribution in [0.4, 0.5) is 5.69 Å². The van der Waals surface area contributed by atoms with Crippen LogP contribution in [0.15, 0.2) is 71.3 Å². The summed E-state index contributed by atoms with van der Waals surface area (Å²) in [6.45, 7) is 4.73. The molecule has 1 aromatic heterocycles. The van der Waals surface area contributed by atoms with E-state index in [4.69, 9.17) is 4.42 Å². The average molecular weight is 460 g/mol. The van der Waals surface area contributed by atoms with Gasteiger partial charge < -0.3 is 20.0 Å². The van der Waals surface area contributed by atoms with Crippen molar-refractivity contribution in [3.05, 3.63) is 89.4 Å². The molecule has 7 heteroatoms. The smallest absolute Gasteiger partial charge is 0.291 e. The maximum Gasteiger partial charge on any atom is 0.291 e. The molecule has 0 radical (unpaired) electrons. The van der Waals surface area contributed by atoms with E-state index in [2.05, 4.69) is 10.6 Å². The summed E-state index contributed by atoms with van der Waals surface area (Å²) in [5.41, 5.74) is 3.62. The van der Waals surface area contributed by atoms with Gasteiger partial charge in [-0.1, -0.05) is 50.2 Å². The predicted molar refractivity (Wildman–Crippen MR) is 129 cm³/mol. The van der Waals surface area contributed by atoms with Crippen molar-refractivity contribution in [1.29, 1.82) is 0 Å². The van der Waals surface area contributed by atoms with Crippen LogP contribution in [0.5, 0.6) is 0 Å². The summed E-state index contributed by atoms with van der Waals surface area (Å²) in [5, 5.41) is 5.77. The SMILES string of the molecule is CC(C)CC(=O)N1Cc2ccccc2CC1C(=O)NCc1cccc(NC(=O)c2ccco2)c1. The standard InChI is InChI=1S/C27H29N3O4/c1-18(2)13-25(31)30-17-21-9-4-3-8-20(21)15-23(30)26(32)28-16-19-7-5-10-22(14-19)29-27(33)24-11-6-12-34-24/h3-12,14,18,23H,13,15-17H2,1-2H3,(H,28,32)(H,29,33). The van der Waals surface area contributed by atoms with Crippen LogP contribution in [-0.4, -0.2) is 28.7 Å². The molecule has 0 saturated carbocycles. The van der Waals surface area contributed by atoms with Gasteiger partial charge in [0.05, 0.1) is 6.26 Å². The zero-order chi connectivity index (χ0) is 24.1. The zero-order valence-electron chi connectivity index (χ0n) is 19.4. The first-order valence-corrected chi connectivity index (χ1v) is 11.5. The van der Waals surface area contributed by atoms with Crippen LogP contribution < -0.4 is 10.6 Å². The summed E-state index contributed by atoms with van der Waals surface area (Å²) in [6.07, 6.45) is 2.34. The minimum absolute atomic E-state index is 0.00714. The predicted octanol–water partition coefficient (Wildman–Crippen LogP) is 4.15. The molecule has 3 aromatic rings. The molecule has 2 heterocycles. The number of carbonyl (C=O) groups excluding carboxylic acids is 3. The summed E-state index contributed by atoms with van der Waals surface area (Å²) >= 11 is 0. The molecule has 1 aliphatic heterocycles. The first-order chi connectivity index (χ1) is 16.4. The van der Waals surface area contributed by atoms with Gasteiger partial charge in [0.1, 0.15) is 6.04 Å². The van der Waals surface area contributed by atoms with Gasteiger partial charge in [0.25, 0.3) is 5.91 Å². The van der Waals surface area contributed by atoms with E-state index < -0.39 is 6.04 Å². The summed E-state index contributed by atoms with van der Waals surface area (Å²) in [6, 6.07) is 17.9. The van der Waals surface area contributed by atoms with E-state index in [-0.39, 0.29) is 35.9 Å². The van der Waals surface area contributed by atoms with Gasteiger partial charge in [-0.25, -0.2) is 0 Å². The number of amides is 3. The number of nitrogens with zero attached hydrogens (tertiary/aromatic N) is 1. The van der Waals surface area contributed by atoms with Crippen molar-refractivity contribution >= 4 is 23.4 Å². The van der Waals surface area contributed by atoms with Gasteiger partial charge in [0.2, 0.25) is 11.8 Å². The number of anilines is 1. The van der Waals surface area contributed by atoms with Gasteiger partial charge >= 0.3 is 0 Å². The van der Waals surface area contributed by atoms with E-state index in [0.717, 1.165) is 16.7 Å². The van der Waals surface area contributed by atoms with E-state index in [1.165, 1.54) is 6.26 Å². The van der Waals surface area contributed by atoms with Crippen molar-refractivity contribution < 1.29 is 18.8 Å². The van der Waals surface area contributed by atoms with E-state index in [0.29, 0.717) is 25.1 Å². The molecule has 0 saturated heterocycles. The molecule has 2 N–H and O–H groups in total. The Hall–Kier alpha value is -3.87.